The average molecular weight is 245 g/mol. The van der Waals surface area contributed by atoms with E-state index in [4.69, 9.17) is 4.74 Å². The molecule has 0 aliphatic heterocycles. The van der Waals surface area contributed by atoms with E-state index in [1.807, 2.05) is 26.0 Å². The Morgan fingerprint density at radius 3 is 2.72 bits per heavy atom. The number of hydrogen-bond acceptors (Lipinski definition) is 3. The van der Waals surface area contributed by atoms with Gasteiger partial charge in [-0.2, -0.15) is 0 Å². The standard InChI is InChI=1S/C15H19NO2/c1-5-11(4)13-10-12(15(17)18-7-3)8-9-14(13)16-6-2/h5,8-10H,1,6-7H2,2-4H3/b13-11-,16-14?. The van der Waals surface area contributed by atoms with Gasteiger partial charge in [0.15, 0.2) is 0 Å². The minimum absolute atomic E-state index is 0.307. The van der Waals surface area contributed by atoms with Gasteiger partial charge in [-0.15, -0.1) is 0 Å². The van der Waals surface area contributed by atoms with Crippen molar-refractivity contribution in [2.24, 2.45) is 4.99 Å². The van der Waals surface area contributed by atoms with Gasteiger partial charge >= 0.3 is 5.97 Å². The summed E-state index contributed by atoms with van der Waals surface area (Å²) in [6, 6.07) is 0. The average Bonchev–Trinajstić information content (AvgIpc) is 2.39. The minimum atomic E-state index is -0.307. The molecule has 0 spiro atoms. The third-order valence-electron chi connectivity index (χ3n) is 2.57. The number of rotatable bonds is 4. The molecule has 0 saturated heterocycles. The van der Waals surface area contributed by atoms with Crippen molar-refractivity contribution in [3.05, 3.63) is 47.6 Å². The normalized spacial score (nSPS) is 19.5. The zero-order valence-electron chi connectivity index (χ0n) is 11.2. The SMILES string of the molecule is C=C/C(C)=C1/C=C(C(=O)OCC)C=CC1=NCC. The van der Waals surface area contributed by atoms with Crippen molar-refractivity contribution in [3.63, 3.8) is 0 Å². The molecule has 0 atom stereocenters. The highest BCUT2D eigenvalue weighted by Gasteiger charge is 2.15. The molecule has 1 rings (SSSR count). The van der Waals surface area contributed by atoms with Crippen molar-refractivity contribution in [1.82, 2.24) is 0 Å². The molecule has 96 valence electrons. The van der Waals surface area contributed by atoms with Gasteiger partial charge in [-0.3, -0.25) is 4.99 Å². The fraction of sp³-hybridized carbons (Fsp3) is 0.333. The van der Waals surface area contributed by atoms with Crippen molar-refractivity contribution in [2.45, 2.75) is 20.8 Å². The number of carbonyl (C=O) groups is 1. The molecule has 0 unspecified atom stereocenters. The van der Waals surface area contributed by atoms with Gasteiger partial charge in [-0.05, 0) is 44.6 Å². The van der Waals surface area contributed by atoms with E-state index in [0.29, 0.717) is 18.7 Å². The summed E-state index contributed by atoms with van der Waals surface area (Å²) in [6.45, 7) is 10.6. The highest BCUT2D eigenvalue weighted by molar-refractivity contribution is 6.15. The third kappa shape index (κ3) is 3.29. The Morgan fingerprint density at radius 1 is 1.44 bits per heavy atom. The van der Waals surface area contributed by atoms with E-state index in [1.54, 1.807) is 19.1 Å². The van der Waals surface area contributed by atoms with E-state index in [1.165, 1.54) is 0 Å². The second kappa shape index (κ2) is 6.74. The number of aliphatic imine (C=N–C) groups is 1. The molecular weight excluding hydrogens is 226 g/mol. The maximum absolute atomic E-state index is 11.7. The van der Waals surface area contributed by atoms with Crippen LogP contribution in [0.4, 0.5) is 0 Å². The van der Waals surface area contributed by atoms with Crippen LogP contribution in [-0.4, -0.2) is 24.8 Å². The first-order chi connectivity index (χ1) is 8.63. The highest BCUT2D eigenvalue weighted by Crippen LogP contribution is 2.19. The van der Waals surface area contributed by atoms with Crippen LogP contribution < -0.4 is 0 Å². The lowest BCUT2D eigenvalue weighted by Gasteiger charge is -2.13. The Bertz CT molecular complexity index is 465. The molecule has 0 aromatic rings. The van der Waals surface area contributed by atoms with Crippen LogP contribution >= 0.6 is 0 Å². The van der Waals surface area contributed by atoms with Crippen molar-refractivity contribution in [1.29, 1.82) is 0 Å². The van der Waals surface area contributed by atoms with Crippen LogP contribution in [0.2, 0.25) is 0 Å². The molecule has 3 heteroatoms. The first-order valence-corrected chi connectivity index (χ1v) is 6.09. The molecule has 0 bridgehead atoms. The summed E-state index contributed by atoms with van der Waals surface area (Å²) in [7, 11) is 0. The van der Waals surface area contributed by atoms with E-state index >= 15 is 0 Å². The summed E-state index contributed by atoms with van der Waals surface area (Å²) in [5.74, 6) is -0.307. The van der Waals surface area contributed by atoms with Gasteiger partial charge in [0.05, 0.1) is 17.9 Å². The third-order valence-corrected chi connectivity index (χ3v) is 2.57. The van der Waals surface area contributed by atoms with Crippen LogP contribution in [0.3, 0.4) is 0 Å². The summed E-state index contributed by atoms with van der Waals surface area (Å²) in [5, 5.41) is 0. The predicted molar refractivity (Wildman–Crippen MR) is 74.7 cm³/mol. The summed E-state index contributed by atoms with van der Waals surface area (Å²) in [4.78, 5) is 16.1. The maximum atomic E-state index is 11.7. The lowest BCUT2D eigenvalue weighted by atomic mass is 9.96. The highest BCUT2D eigenvalue weighted by atomic mass is 16.5. The van der Waals surface area contributed by atoms with Crippen LogP contribution in [0.15, 0.2) is 52.6 Å². The van der Waals surface area contributed by atoms with E-state index < -0.39 is 0 Å². The van der Waals surface area contributed by atoms with Crippen LogP contribution in [0, 0.1) is 0 Å². The Morgan fingerprint density at radius 2 is 2.17 bits per heavy atom. The van der Waals surface area contributed by atoms with Crippen LogP contribution in [0.5, 0.6) is 0 Å². The Labute approximate surface area is 108 Å². The van der Waals surface area contributed by atoms with Crippen LogP contribution in [-0.2, 0) is 9.53 Å². The zero-order chi connectivity index (χ0) is 13.5. The smallest absolute Gasteiger partial charge is 0.338 e. The van der Waals surface area contributed by atoms with Crippen LogP contribution in [0.1, 0.15) is 20.8 Å². The van der Waals surface area contributed by atoms with Gasteiger partial charge in [-0.1, -0.05) is 12.7 Å². The lowest BCUT2D eigenvalue weighted by Crippen LogP contribution is -2.12. The van der Waals surface area contributed by atoms with Gasteiger partial charge in [0.1, 0.15) is 0 Å². The first-order valence-electron chi connectivity index (χ1n) is 6.09. The summed E-state index contributed by atoms with van der Waals surface area (Å²) >= 11 is 0. The number of hydrogen-bond donors (Lipinski definition) is 0. The molecule has 0 aromatic heterocycles. The molecule has 0 amide bonds. The van der Waals surface area contributed by atoms with Crippen molar-refractivity contribution >= 4 is 11.7 Å². The molecule has 0 N–H and O–H groups in total. The van der Waals surface area contributed by atoms with Gasteiger partial charge < -0.3 is 4.74 Å². The topological polar surface area (TPSA) is 38.7 Å². The first kappa shape index (κ1) is 14.2. The number of allylic oxidation sites excluding steroid dienone is 5. The van der Waals surface area contributed by atoms with Gasteiger partial charge in [-0.25, -0.2) is 4.79 Å². The molecule has 0 saturated carbocycles. The molecule has 1 aliphatic rings. The van der Waals surface area contributed by atoms with E-state index in [2.05, 4.69) is 11.6 Å². The zero-order valence-corrected chi connectivity index (χ0v) is 11.2. The molecule has 18 heavy (non-hydrogen) atoms. The predicted octanol–water partition coefficient (Wildman–Crippen LogP) is 3.01. The summed E-state index contributed by atoms with van der Waals surface area (Å²) in [6.07, 6.45) is 7.16. The van der Waals surface area contributed by atoms with Crippen molar-refractivity contribution in [3.8, 4) is 0 Å². The van der Waals surface area contributed by atoms with Gasteiger partial charge in [0, 0.05) is 12.1 Å². The van der Waals surface area contributed by atoms with Crippen molar-refractivity contribution in [2.75, 3.05) is 13.2 Å². The molecule has 0 radical (unpaired) electrons. The lowest BCUT2D eigenvalue weighted by molar-refractivity contribution is -0.138. The number of carbonyl (C=O) groups excluding carboxylic acids is 1. The minimum Gasteiger partial charge on any atom is -0.462 e. The molecule has 1 aliphatic carbocycles. The number of nitrogens with zero attached hydrogens (tertiary/aromatic N) is 1. The van der Waals surface area contributed by atoms with Crippen LogP contribution in [0.25, 0.3) is 0 Å². The summed E-state index contributed by atoms with van der Waals surface area (Å²) < 4.78 is 4.99. The quantitative estimate of drug-likeness (QED) is 0.714. The summed E-state index contributed by atoms with van der Waals surface area (Å²) in [5.41, 5.74) is 3.34. The molecule has 3 nitrogen and oxygen atoms in total. The van der Waals surface area contributed by atoms with Gasteiger partial charge in [0.2, 0.25) is 0 Å². The van der Waals surface area contributed by atoms with E-state index in [0.717, 1.165) is 16.9 Å². The second-order valence-electron chi connectivity index (χ2n) is 3.81. The molecule has 0 aromatic carbocycles. The van der Waals surface area contributed by atoms with E-state index in [-0.39, 0.29) is 5.97 Å². The number of esters is 1. The Kier molecular flexibility index (Phi) is 5.31. The Hall–Kier alpha value is -1.90. The Balaban J connectivity index is 3.16. The monoisotopic (exact) mass is 245 g/mol. The van der Waals surface area contributed by atoms with Crippen molar-refractivity contribution < 1.29 is 9.53 Å². The largest absolute Gasteiger partial charge is 0.462 e. The maximum Gasteiger partial charge on any atom is 0.338 e. The fourth-order valence-corrected chi connectivity index (χ4v) is 1.61. The number of ether oxygens (including phenoxy) is 1. The second-order valence-corrected chi connectivity index (χ2v) is 3.81. The fourth-order valence-electron chi connectivity index (χ4n) is 1.61. The molecule has 0 fully saturated rings. The van der Waals surface area contributed by atoms with E-state index in [9.17, 15) is 4.79 Å². The molecular formula is C15H19NO2. The molecule has 0 heterocycles. The van der Waals surface area contributed by atoms with Gasteiger partial charge in [0.25, 0.3) is 0 Å².